The van der Waals surface area contributed by atoms with Gasteiger partial charge in [-0.25, -0.2) is 0 Å². The Bertz CT molecular complexity index is 670. The summed E-state index contributed by atoms with van der Waals surface area (Å²) in [6.07, 6.45) is 11.1. The van der Waals surface area contributed by atoms with E-state index in [0.29, 0.717) is 6.04 Å². The summed E-state index contributed by atoms with van der Waals surface area (Å²) in [5.41, 5.74) is 3.13. The SMILES string of the molecule is Clc1cccc(CN2CCCC3=C[C@H]4C[C@@H](CN5CCCC[C@H]45)[C@@H]32)c1. The first-order valence-electron chi connectivity index (χ1n) is 10.2. The molecule has 0 spiro atoms. The number of hydrogen-bond donors (Lipinski definition) is 0. The molecule has 3 heterocycles. The number of fused-ring (bicyclic) bond motifs is 6. The fourth-order valence-electron chi connectivity index (χ4n) is 6.13. The van der Waals surface area contributed by atoms with E-state index in [9.17, 15) is 0 Å². The lowest BCUT2D eigenvalue weighted by molar-refractivity contribution is -0.00264. The Morgan fingerprint density at radius 2 is 2.08 bits per heavy atom. The smallest absolute Gasteiger partial charge is 0.0409 e. The maximum atomic E-state index is 6.22. The summed E-state index contributed by atoms with van der Waals surface area (Å²) < 4.78 is 0. The van der Waals surface area contributed by atoms with E-state index in [0.717, 1.165) is 29.4 Å². The molecule has 4 atom stereocenters. The second-order valence-corrected chi connectivity index (χ2v) is 9.04. The van der Waals surface area contributed by atoms with E-state index in [1.807, 2.05) is 6.07 Å². The Kier molecular flexibility index (Phi) is 4.39. The van der Waals surface area contributed by atoms with E-state index in [1.165, 1.54) is 63.7 Å². The molecule has 0 N–H and O–H groups in total. The van der Waals surface area contributed by atoms with Crippen LogP contribution >= 0.6 is 11.6 Å². The average Bonchev–Trinajstić information content (AvgIpc) is 2.62. The lowest BCUT2D eigenvalue weighted by atomic mass is 9.68. The highest BCUT2D eigenvalue weighted by molar-refractivity contribution is 6.30. The van der Waals surface area contributed by atoms with Gasteiger partial charge in [-0.2, -0.15) is 0 Å². The first kappa shape index (κ1) is 16.4. The highest BCUT2D eigenvalue weighted by atomic mass is 35.5. The van der Waals surface area contributed by atoms with Gasteiger partial charge in [0.2, 0.25) is 0 Å². The Labute approximate surface area is 156 Å². The molecule has 0 amide bonds. The largest absolute Gasteiger partial charge is 0.299 e. The summed E-state index contributed by atoms with van der Waals surface area (Å²) in [7, 11) is 0. The van der Waals surface area contributed by atoms with Gasteiger partial charge in [0.15, 0.2) is 0 Å². The molecule has 0 saturated carbocycles. The van der Waals surface area contributed by atoms with Gasteiger partial charge in [0.05, 0.1) is 0 Å². The predicted molar refractivity (Wildman–Crippen MR) is 104 cm³/mol. The second-order valence-electron chi connectivity index (χ2n) is 8.61. The summed E-state index contributed by atoms with van der Waals surface area (Å²) in [5, 5.41) is 0.864. The minimum atomic E-state index is 0.673. The van der Waals surface area contributed by atoms with Crippen molar-refractivity contribution in [3.05, 3.63) is 46.5 Å². The van der Waals surface area contributed by atoms with Crippen molar-refractivity contribution in [1.82, 2.24) is 9.80 Å². The monoisotopic (exact) mass is 356 g/mol. The van der Waals surface area contributed by atoms with Crippen molar-refractivity contribution in [3.63, 3.8) is 0 Å². The van der Waals surface area contributed by atoms with E-state index in [-0.39, 0.29) is 0 Å². The molecule has 25 heavy (non-hydrogen) atoms. The number of benzene rings is 1. The maximum Gasteiger partial charge on any atom is 0.0409 e. The highest BCUT2D eigenvalue weighted by Crippen LogP contribution is 2.45. The lowest BCUT2D eigenvalue weighted by Gasteiger charge is -2.54. The van der Waals surface area contributed by atoms with Crippen LogP contribution in [0.25, 0.3) is 0 Å². The van der Waals surface area contributed by atoms with Crippen molar-refractivity contribution in [1.29, 1.82) is 0 Å². The zero-order valence-corrected chi connectivity index (χ0v) is 15.8. The highest BCUT2D eigenvalue weighted by Gasteiger charge is 2.45. The molecule has 5 rings (SSSR count). The normalized spacial score (nSPS) is 35.6. The quantitative estimate of drug-likeness (QED) is 0.706. The molecule has 1 aliphatic carbocycles. The van der Waals surface area contributed by atoms with Gasteiger partial charge < -0.3 is 0 Å². The Balaban J connectivity index is 1.41. The van der Waals surface area contributed by atoms with Crippen molar-refractivity contribution >= 4 is 11.6 Å². The first-order valence-corrected chi connectivity index (χ1v) is 10.6. The van der Waals surface area contributed by atoms with E-state index < -0.39 is 0 Å². The van der Waals surface area contributed by atoms with Crippen LogP contribution in [0.3, 0.4) is 0 Å². The van der Waals surface area contributed by atoms with Gasteiger partial charge >= 0.3 is 0 Å². The summed E-state index contributed by atoms with van der Waals surface area (Å²) >= 11 is 6.22. The third kappa shape index (κ3) is 3.07. The maximum absolute atomic E-state index is 6.22. The molecule has 134 valence electrons. The van der Waals surface area contributed by atoms with E-state index in [2.05, 4.69) is 34.1 Å². The van der Waals surface area contributed by atoms with Crippen LogP contribution in [0.15, 0.2) is 35.9 Å². The number of piperidine rings is 3. The van der Waals surface area contributed by atoms with Crippen molar-refractivity contribution in [2.45, 2.75) is 57.2 Å². The molecule has 3 fully saturated rings. The molecule has 2 nitrogen and oxygen atoms in total. The van der Waals surface area contributed by atoms with Gasteiger partial charge in [0.1, 0.15) is 0 Å². The standard InChI is InChI=1S/C22H29ClN2/c23-20-7-3-5-16(11-20)14-25-10-4-6-17-12-18-13-19(22(17)25)15-24-9-2-1-8-21(18)24/h3,5,7,11-12,18-19,21-22H,1-2,4,6,8-10,13-15H2/t18-,19-,21+,22+/m0/s1. The zero-order chi connectivity index (χ0) is 16.8. The zero-order valence-electron chi connectivity index (χ0n) is 15.0. The summed E-state index contributed by atoms with van der Waals surface area (Å²) in [6.45, 7) is 4.95. The van der Waals surface area contributed by atoms with Crippen LogP contribution in [0.2, 0.25) is 5.02 Å². The molecule has 0 unspecified atom stereocenters. The van der Waals surface area contributed by atoms with Crippen LogP contribution < -0.4 is 0 Å². The van der Waals surface area contributed by atoms with Crippen molar-refractivity contribution < 1.29 is 0 Å². The third-order valence-corrected chi connectivity index (χ3v) is 7.27. The molecule has 1 aromatic carbocycles. The number of nitrogens with zero attached hydrogens (tertiary/aromatic N) is 2. The molecule has 3 heteroatoms. The molecule has 4 aliphatic rings. The number of halogens is 1. The molecule has 1 aromatic rings. The minimum Gasteiger partial charge on any atom is -0.299 e. The molecular weight excluding hydrogens is 328 g/mol. The Hall–Kier alpha value is -0.830. The van der Waals surface area contributed by atoms with Crippen molar-refractivity contribution in [3.8, 4) is 0 Å². The van der Waals surface area contributed by atoms with Crippen LogP contribution in [0.5, 0.6) is 0 Å². The number of hydrogen-bond acceptors (Lipinski definition) is 2. The lowest BCUT2D eigenvalue weighted by Crippen LogP contribution is -2.58. The predicted octanol–water partition coefficient (Wildman–Crippen LogP) is 4.74. The molecule has 3 saturated heterocycles. The van der Waals surface area contributed by atoms with Crippen LogP contribution in [0.1, 0.15) is 44.1 Å². The van der Waals surface area contributed by atoms with E-state index in [4.69, 9.17) is 11.6 Å². The van der Waals surface area contributed by atoms with Crippen LogP contribution in [-0.2, 0) is 6.54 Å². The molecular formula is C22H29ClN2. The Morgan fingerprint density at radius 3 is 3.00 bits per heavy atom. The van der Waals surface area contributed by atoms with Gasteiger partial charge in [-0.15, -0.1) is 0 Å². The average molecular weight is 357 g/mol. The van der Waals surface area contributed by atoms with Gasteiger partial charge in [0, 0.05) is 30.2 Å². The summed E-state index contributed by atoms with van der Waals surface area (Å²) in [5.74, 6) is 1.66. The molecule has 0 aromatic heterocycles. The molecule has 2 bridgehead atoms. The fourth-order valence-corrected chi connectivity index (χ4v) is 6.34. The van der Waals surface area contributed by atoms with Crippen LogP contribution in [0.4, 0.5) is 0 Å². The van der Waals surface area contributed by atoms with E-state index >= 15 is 0 Å². The Morgan fingerprint density at radius 1 is 1.12 bits per heavy atom. The van der Waals surface area contributed by atoms with Gasteiger partial charge in [-0.3, -0.25) is 9.80 Å². The van der Waals surface area contributed by atoms with Gasteiger partial charge in [-0.05, 0) is 74.7 Å². The third-order valence-electron chi connectivity index (χ3n) is 7.04. The topological polar surface area (TPSA) is 6.48 Å². The first-order chi connectivity index (χ1) is 12.3. The van der Waals surface area contributed by atoms with Crippen LogP contribution in [0, 0.1) is 11.8 Å². The summed E-state index contributed by atoms with van der Waals surface area (Å²) in [4.78, 5) is 5.59. The second kappa shape index (κ2) is 6.72. The molecule has 0 radical (unpaired) electrons. The van der Waals surface area contributed by atoms with E-state index in [1.54, 1.807) is 5.57 Å². The van der Waals surface area contributed by atoms with Gasteiger partial charge in [-0.1, -0.05) is 41.8 Å². The minimum absolute atomic E-state index is 0.673. The van der Waals surface area contributed by atoms with Crippen molar-refractivity contribution in [2.24, 2.45) is 11.8 Å². The summed E-state index contributed by atoms with van der Waals surface area (Å²) in [6, 6.07) is 9.97. The fraction of sp³-hybridized carbons (Fsp3) is 0.636. The van der Waals surface area contributed by atoms with Gasteiger partial charge in [0.25, 0.3) is 0 Å². The molecule has 3 aliphatic heterocycles. The van der Waals surface area contributed by atoms with Crippen LogP contribution in [-0.4, -0.2) is 41.5 Å². The number of likely N-dealkylation sites (tertiary alicyclic amines) is 1. The van der Waals surface area contributed by atoms with Crippen molar-refractivity contribution in [2.75, 3.05) is 19.6 Å². The number of rotatable bonds is 2.